The Hall–Kier alpha value is -4.45. The second-order valence-electron chi connectivity index (χ2n) is 20.6. The summed E-state index contributed by atoms with van der Waals surface area (Å²) in [6.45, 7) is 6.34. The van der Waals surface area contributed by atoms with E-state index in [1.165, 1.54) is 116 Å². The largest absolute Gasteiger partial charge is 0.462 e. The van der Waals surface area contributed by atoms with Gasteiger partial charge in [0.15, 0.2) is 6.10 Å². The molecule has 0 N–H and O–H groups in total. The van der Waals surface area contributed by atoms with Crippen LogP contribution in [0.3, 0.4) is 0 Å². The van der Waals surface area contributed by atoms with Crippen LogP contribution in [-0.2, 0) is 28.6 Å². The first-order valence-electron chi connectivity index (χ1n) is 31.7. The van der Waals surface area contributed by atoms with Crippen molar-refractivity contribution in [2.24, 2.45) is 0 Å². The van der Waals surface area contributed by atoms with Crippen molar-refractivity contribution in [3.8, 4) is 0 Å². The molecule has 436 valence electrons. The second kappa shape index (κ2) is 64.1. The lowest BCUT2D eigenvalue weighted by molar-refractivity contribution is -0.166. The fourth-order valence-corrected chi connectivity index (χ4v) is 8.50. The zero-order chi connectivity index (χ0) is 55.7. The SMILES string of the molecule is CC/C=C\C/C=C\C/C=C\C/C=C\C/C=C\C/C=C\CCC(=O)O[C@H](COC(=O)CCCCC/C=C\C/C=C\C/C=C\C/C=C\C/C=C\CC)COC(=O)CCCCCCCCCCCCCCCCCCCCCCC. The number of allylic oxidation sites excluding steroid dienone is 22. The number of hydrogen-bond acceptors (Lipinski definition) is 6. The Kier molecular flexibility index (Phi) is 60.4. The van der Waals surface area contributed by atoms with Crippen molar-refractivity contribution in [2.75, 3.05) is 13.2 Å². The predicted octanol–water partition coefficient (Wildman–Crippen LogP) is 21.8. The van der Waals surface area contributed by atoms with Gasteiger partial charge in [-0.1, -0.05) is 289 Å². The van der Waals surface area contributed by atoms with Crippen molar-refractivity contribution < 1.29 is 28.6 Å². The van der Waals surface area contributed by atoms with E-state index in [0.29, 0.717) is 19.3 Å². The summed E-state index contributed by atoms with van der Waals surface area (Å²) in [6.07, 6.45) is 90.4. The lowest BCUT2D eigenvalue weighted by atomic mass is 10.0. The molecule has 0 aromatic carbocycles. The van der Waals surface area contributed by atoms with Crippen LogP contribution in [0.4, 0.5) is 0 Å². The Morgan fingerprint density at radius 2 is 0.532 bits per heavy atom. The van der Waals surface area contributed by atoms with Gasteiger partial charge in [0, 0.05) is 19.3 Å². The van der Waals surface area contributed by atoms with E-state index in [9.17, 15) is 14.4 Å². The standard InChI is InChI=1S/C71H116O6/c1-4-7-10-13-16-19-22-25-28-31-34-35-38-40-43-46-49-52-55-58-61-64-70(73)76-67-68(77-71(74)65-62-59-56-53-50-47-44-41-37-33-30-27-24-21-18-15-12-9-6-3)66-75-69(72)63-60-57-54-51-48-45-42-39-36-32-29-26-23-20-17-14-11-8-5-2/h8-9,11-12,17-18,20-21,26-27,29-30,36-37,39,41,45,47-48,50,56,59,68H,4-7,10,13-16,19,22-25,28,31-35,38,40,42-44,46,49,51-55,57-58,60-67H2,1-3H3/b11-8-,12-9-,20-17-,21-18-,29-26-,30-27-,39-36-,41-37-,48-45-,50-47-,59-56-/t68-/m1/s1. The first-order chi connectivity index (χ1) is 38.0. The summed E-state index contributed by atoms with van der Waals surface area (Å²) < 4.78 is 16.8. The summed E-state index contributed by atoms with van der Waals surface area (Å²) in [4.78, 5) is 38.3. The average molecular weight is 1070 g/mol. The Morgan fingerprint density at radius 1 is 0.273 bits per heavy atom. The van der Waals surface area contributed by atoms with E-state index in [1.54, 1.807) is 0 Å². The molecule has 0 aliphatic rings. The van der Waals surface area contributed by atoms with E-state index in [-0.39, 0.29) is 31.6 Å². The second-order valence-corrected chi connectivity index (χ2v) is 20.6. The third kappa shape index (κ3) is 62.3. The highest BCUT2D eigenvalue weighted by Crippen LogP contribution is 2.16. The highest BCUT2D eigenvalue weighted by Gasteiger charge is 2.19. The lowest BCUT2D eigenvalue weighted by Gasteiger charge is -2.18. The van der Waals surface area contributed by atoms with E-state index in [4.69, 9.17) is 14.2 Å². The molecule has 0 rings (SSSR count). The number of carbonyl (C=O) groups excluding carboxylic acids is 3. The molecule has 0 saturated carbocycles. The van der Waals surface area contributed by atoms with Crippen molar-refractivity contribution in [1.82, 2.24) is 0 Å². The van der Waals surface area contributed by atoms with Gasteiger partial charge in [-0.3, -0.25) is 14.4 Å². The summed E-state index contributed by atoms with van der Waals surface area (Å²) in [7, 11) is 0. The highest BCUT2D eigenvalue weighted by atomic mass is 16.6. The number of hydrogen-bond donors (Lipinski definition) is 0. The summed E-state index contributed by atoms with van der Waals surface area (Å²) in [5, 5.41) is 0. The van der Waals surface area contributed by atoms with Gasteiger partial charge in [0.25, 0.3) is 0 Å². The minimum Gasteiger partial charge on any atom is -0.462 e. The van der Waals surface area contributed by atoms with E-state index in [2.05, 4.69) is 142 Å². The van der Waals surface area contributed by atoms with Crippen LogP contribution in [0.15, 0.2) is 134 Å². The molecule has 0 aliphatic carbocycles. The van der Waals surface area contributed by atoms with Crippen molar-refractivity contribution in [2.45, 2.75) is 284 Å². The zero-order valence-corrected chi connectivity index (χ0v) is 49.9. The van der Waals surface area contributed by atoms with Crippen molar-refractivity contribution in [3.63, 3.8) is 0 Å². The van der Waals surface area contributed by atoms with E-state index < -0.39 is 12.1 Å². The van der Waals surface area contributed by atoms with Gasteiger partial charge in [-0.15, -0.1) is 0 Å². The topological polar surface area (TPSA) is 78.9 Å². The minimum absolute atomic E-state index is 0.121. The van der Waals surface area contributed by atoms with Gasteiger partial charge in [-0.25, -0.2) is 0 Å². The fraction of sp³-hybridized carbons (Fsp3) is 0.648. The molecule has 77 heavy (non-hydrogen) atoms. The monoisotopic (exact) mass is 1060 g/mol. The van der Waals surface area contributed by atoms with Gasteiger partial charge < -0.3 is 14.2 Å². The van der Waals surface area contributed by atoms with Gasteiger partial charge in [0.05, 0.1) is 0 Å². The fourth-order valence-electron chi connectivity index (χ4n) is 8.50. The first kappa shape index (κ1) is 72.5. The Morgan fingerprint density at radius 3 is 0.844 bits per heavy atom. The summed E-state index contributed by atoms with van der Waals surface area (Å²) in [5.74, 6) is -1.04. The van der Waals surface area contributed by atoms with Crippen LogP contribution < -0.4 is 0 Å². The number of rotatable bonds is 56. The van der Waals surface area contributed by atoms with Crippen molar-refractivity contribution in [3.05, 3.63) is 134 Å². The molecule has 6 heteroatoms. The normalized spacial score (nSPS) is 13.0. The van der Waals surface area contributed by atoms with E-state index in [1.807, 2.05) is 12.2 Å². The van der Waals surface area contributed by atoms with Crippen LogP contribution in [0.5, 0.6) is 0 Å². The molecule has 0 radical (unpaired) electrons. The predicted molar refractivity (Wildman–Crippen MR) is 334 cm³/mol. The van der Waals surface area contributed by atoms with E-state index >= 15 is 0 Å². The van der Waals surface area contributed by atoms with Crippen LogP contribution in [0.25, 0.3) is 0 Å². The van der Waals surface area contributed by atoms with Crippen LogP contribution in [0, 0.1) is 0 Å². The van der Waals surface area contributed by atoms with Crippen LogP contribution in [-0.4, -0.2) is 37.2 Å². The Balaban J connectivity index is 4.53. The molecule has 0 spiro atoms. The van der Waals surface area contributed by atoms with Gasteiger partial charge in [-0.2, -0.15) is 0 Å². The smallest absolute Gasteiger partial charge is 0.306 e. The average Bonchev–Trinajstić information content (AvgIpc) is 3.43. The summed E-state index contributed by atoms with van der Waals surface area (Å²) in [6, 6.07) is 0. The molecule has 0 aromatic rings. The molecule has 0 aromatic heterocycles. The lowest BCUT2D eigenvalue weighted by Crippen LogP contribution is -2.30. The number of esters is 3. The molecular formula is C71H116O6. The van der Waals surface area contributed by atoms with Crippen LogP contribution >= 0.6 is 0 Å². The number of unbranched alkanes of at least 4 members (excludes halogenated alkanes) is 23. The molecule has 0 amide bonds. The Labute approximate surface area is 475 Å². The molecule has 0 unspecified atom stereocenters. The third-order valence-corrected chi connectivity index (χ3v) is 13.2. The maximum atomic E-state index is 12.9. The molecular weight excluding hydrogens is 949 g/mol. The molecule has 0 heterocycles. The number of carbonyl (C=O) groups is 3. The van der Waals surface area contributed by atoms with Gasteiger partial charge >= 0.3 is 17.9 Å². The van der Waals surface area contributed by atoms with E-state index in [0.717, 1.165) is 116 Å². The summed E-state index contributed by atoms with van der Waals surface area (Å²) >= 11 is 0. The van der Waals surface area contributed by atoms with Gasteiger partial charge in [0.2, 0.25) is 0 Å². The quantitative estimate of drug-likeness (QED) is 0.0261. The maximum absolute atomic E-state index is 12.9. The molecule has 1 atom stereocenters. The van der Waals surface area contributed by atoms with Gasteiger partial charge in [0.1, 0.15) is 13.2 Å². The molecule has 6 nitrogen and oxygen atoms in total. The molecule has 0 bridgehead atoms. The molecule has 0 aliphatic heterocycles. The van der Waals surface area contributed by atoms with Crippen LogP contribution in [0.2, 0.25) is 0 Å². The first-order valence-corrected chi connectivity index (χ1v) is 31.7. The summed E-state index contributed by atoms with van der Waals surface area (Å²) in [5.41, 5.74) is 0. The Bertz CT molecular complexity index is 1650. The maximum Gasteiger partial charge on any atom is 0.306 e. The van der Waals surface area contributed by atoms with Crippen molar-refractivity contribution in [1.29, 1.82) is 0 Å². The zero-order valence-electron chi connectivity index (χ0n) is 49.9. The minimum atomic E-state index is -0.837. The van der Waals surface area contributed by atoms with Crippen molar-refractivity contribution >= 4 is 17.9 Å². The molecule has 0 fully saturated rings. The highest BCUT2D eigenvalue weighted by molar-refractivity contribution is 5.71. The van der Waals surface area contributed by atoms with Gasteiger partial charge in [-0.05, 0) is 103 Å². The number of ether oxygens (including phenoxy) is 3. The molecule has 0 saturated heterocycles. The van der Waals surface area contributed by atoms with Crippen LogP contribution in [0.1, 0.15) is 278 Å². The third-order valence-electron chi connectivity index (χ3n) is 13.2.